The van der Waals surface area contributed by atoms with E-state index in [9.17, 15) is 14.4 Å². The molecular formula is C28H45NO5. The monoisotopic (exact) mass is 475 g/mol. The molecule has 0 N–H and O–H groups in total. The molecule has 0 radical (unpaired) electrons. The highest BCUT2D eigenvalue weighted by atomic mass is 16.5. The van der Waals surface area contributed by atoms with Crippen LogP contribution in [0.4, 0.5) is 0 Å². The number of Topliss-reactive ketones (excluding diaryl/α,β-unsaturated/α-hetero) is 1. The summed E-state index contributed by atoms with van der Waals surface area (Å²) in [6.45, 7) is 14.0. The molecule has 2 rings (SSSR count). The molecular weight excluding hydrogens is 430 g/mol. The van der Waals surface area contributed by atoms with E-state index in [4.69, 9.17) is 9.47 Å². The summed E-state index contributed by atoms with van der Waals surface area (Å²) in [5.41, 5.74) is -0.314. The SMILES string of the molecule is C=CCCCCC(C)C(=O)N1CC2OC(C)(C)C[C@@H]2C1C(=O)C[C@@H](CCCCC=C)C(=O)OC. The molecule has 2 heterocycles. The average Bonchev–Trinajstić information content (AvgIpc) is 3.28. The van der Waals surface area contributed by atoms with E-state index < -0.39 is 12.0 Å². The van der Waals surface area contributed by atoms with Gasteiger partial charge in [-0.15, -0.1) is 13.2 Å². The maximum atomic E-state index is 13.7. The summed E-state index contributed by atoms with van der Waals surface area (Å²) in [6.07, 6.45) is 11.4. The molecule has 2 aliphatic heterocycles. The number of hydrogen-bond donors (Lipinski definition) is 0. The van der Waals surface area contributed by atoms with Gasteiger partial charge in [0, 0.05) is 24.8 Å². The van der Waals surface area contributed by atoms with Gasteiger partial charge in [-0.1, -0.05) is 31.9 Å². The number of nitrogens with zero attached hydrogens (tertiary/aromatic N) is 1. The van der Waals surface area contributed by atoms with Crippen molar-refractivity contribution in [2.45, 2.75) is 103 Å². The van der Waals surface area contributed by atoms with Gasteiger partial charge in [0.05, 0.1) is 30.8 Å². The van der Waals surface area contributed by atoms with Gasteiger partial charge in [-0.25, -0.2) is 0 Å². The van der Waals surface area contributed by atoms with Crippen molar-refractivity contribution in [1.82, 2.24) is 4.90 Å². The smallest absolute Gasteiger partial charge is 0.309 e. The van der Waals surface area contributed by atoms with Crippen molar-refractivity contribution >= 4 is 17.7 Å². The lowest BCUT2D eigenvalue weighted by molar-refractivity contribution is -0.149. The van der Waals surface area contributed by atoms with Crippen LogP contribution in [0.25, 0.3) is 0 Å². The van der Waals surface area contributed by atoms with Gasteiger partial charge < -0.3 is 14.4 Å². The number of allylic oxidation sites excluding steroid dienone is 2. The van der Waals surface area contributed by atoms with Gasteiger partial charge in [-0.2, -0.15) is 0 Å². The number of esters is 1. The Labute approximate surface area is 206 Å². The number of methoxy groups -OCH3 is 1. The Hall–Kier alpha value is -1.95. The number of unbranched alkanes of at least 4 members (excludes halogenated alkanes) is 4. The molecule has 0 spiro atoms. The molecule has 0 bridgehead atoms. The number of rotatable bonds is 15. The van der Waals surface area contributed by atoms with Crippen LogP contribution in [-0.2, 0) is 23.9 Å². The normalized spacial score (nSPS) is 24.8. The fraction of sp³-hybridized carbons (Fsp3) is 0.750. The molecule has 34 heavy (non-hydrogen) atoms. The van der Waals surface area contributed by atoms with Crippen molar-refractivity contribution in [3.05, 3.63) is 25.3 Å². The summed E-state index contributed by atoms with van der Waals surface area (Å²) in [5.74, 6) is -1.03. The second-order valence-corrected chi connectivity index (χ2v) is 10.7. The molecule has 0 saturated carbocycles. The highest BCUT2D eigenvalue weighted by Gasteiger charge is 2.55. The van der Waals surface area contributed by atoms with Crippen LogP contribution in [0.15, 0.2) is 25.3 Å². The number of hydrogen-bond acceptors (Lipinski definition) is 5. The lowest BCUT2D eigenvalue weighted by Gasteiger charge is -2.31. The quantitative estimate of drug-likeness (QED) is 0.184. The molecule has 2 fully saturated rings. The largest absolute Gasteiger partial charge is 0.469 e. The fourth-order valence-corrected chi connectivity index (χ4v) is 5.57. The van der Waals surface area contributed by atoms with E-state index in [2.05, 4.69) is 13.2 Å². The minimum Gasteiger partial charge on any atom is -0.469 e. The maximum Gasteiger partial charge on any atom is 0.309 e. The minimum absolute atomic E-state index is 0.0216. The fourth-order valence-electron chi connectivity index (χ4n) is 5.57. The van der Waals surface area contributed by atoms with Crippen LogP contribution >= 0.6 is 0 Å². The van der Waals surface area contributed by atoms with Crippen molar-refractivity contribution in [3.63, 3.8) is 0 Å². The average molecular weight is 476 g/mol. The second kappa shape index (κ2) is 13.2. The minimum atomic E-state index is -0.532. The third-order valence-corrected chi connectivity index (χ3v) is 7.32. The molecule has 6 nitrogen and oxygen atoms in total. The first-order valence-electron chi connectivity index (χ1n) is 13.0. The van der Waals surface area contributed by atoms with Crippen LogP contribution in [0.2, 0.25) is 0 Å². The van der Waals surface area contributed by atoms with E-state index in [0.29, 0.717) is 13.0 Å². The van der Waals surface area contributed by atoms with E-state index in [1.165, 1.54) is 7.11 Å². The molecule has 0 aromatic heterocycles. The lowest BCUT2D eigenvalue weighted by atomic mass is 9.84. The summed E-state index contributed by atoms with van der Waals surface area (Å²) in [7, 11) is 1.37. The second-order valence-electron chi connectivity index (χ2n) is 10.7. The summed E-state index contributed by atoms with van der Waals surface area (Å²) in [4.78, 5) is 41.3. The van der Waals surface area contributed by atoms with Gasteiger partial charge in [0.25, 0.3) is 0 Å². The van der Waals surface area contributed by atoms with Gasteiger partial charge in [-0.3, -0.25) is 14.4 Å². The van der Waals surface area contributed by atoms with E-state index in [0.717, 1.165) is 51.4 Å². The predicted octanol–water partition coefficient (Wildman–Crippen LogP) is 5.26. The topological polar surface area (TPSA) is 72.9 Å². The lowest BCUT2D eigenvalue weighted by Crippen LogP contribution is -2.47. The first kappa shape index (κ1) is 28.3. The van der Waals surface area contributed by atoms with Gasteiger partial charge >= 0.3 is 5.97 Å². The Balaban J connectivity index is 2.14. The van der Waals surface area contributed by atoms with Crippen molar-refractivity contribution in [2.75, 3.05) is 13.7 Å². The zero-order chi connectivity index (χ0) is 25.3. The van der Waals surface area contributed by atoms with E-state index >= 15 is 0 Å². The molecule has 2 aliphatic rings. The molecule has 192 valence electrons. The molecule has 0 aromatic rings. The first-order chi connectivity index (χ1) is 16.1. The zero-order valence-corrected chi connectivity index (χ0v) is 21.7. The van der Waals surface area contributed by atoms with Crippen LogP contribution in [0.1, 0.15) is 85.0 Å². The summed E-state index contributed by atoms with van der Waals surface area (Å²) >= 11 is 0. The predicted molar refractivity (Wildman–Crippen MR) is 134 cm³/mol. The summed E-state index contributed by atoms with van der Waals surface area (Å²) in [5, 5.41) is 0. The van der Waals surface area contributed by atoms with Crippen LogP contribution in [0.5, 0.6) is 0 Å². The molecule has 5 atom stereocenters. The van der Waals surface area contributed by atoms with Crippen molar-refractivity contribution < 1.29 is 23.9 Å². The van der Waals surface area contributed by atoms with Crippen molar-refractivity contribution in [2.24, 2.45) is 17.8 Å². The van der Waals surface area contributed by atoms with Crippen molar-refractivity contribution in [3.8, 4) is 0 Å². The van der Waals surface area contributed by atoms with E-state index in [-0.39, 0.29) is 47.6 Å². The summed E-state index contributed by atoms with van der Waals surface area (Å²) in [6, 6.07) is -0.532. The summed E-state index contributed by atoms with van der Waals surface area (Å²) < 4.78 is 11.2. The third-order valence-electron chi connectivity index (χ3n) is 7.32. The van der Waals surface area contributed by atoms with Crippen LogP contribution in [-0.4, -0.2) is 54.0 Å². The Bertz CT molecular complexity index is 730. The van der Waals surface area contributed by atoms with Gasteiger partial charge in [0.15, 0.2) is 5.78 Å². The Morgan fingerprint density at radius 2 is 1.71 bits per heavy atom. The molecule has 1 amide bonds. The Morgan fingerprint density at radius 1 is 1.09 bits per heavy atom. The third kappa shape index (κ3) is 7.53. The van der Waals surface area contributed by atoms with Gasteiger partial charge in [-0.05, 0) is 58.8 Å². The maximum absolute atomic E-state index is 13.7. The standard InChI is InChI=1S/C28H45NO5/c1-7-9-11-13-15-20(3)26(31)29-19-24-22(18-28(4,5)34-24)25(29)23(30)17-21(27(32)33-6)16-14-12-10-8-2/h7-8,20-22,24-25H,1-2,9-19H2,3-6H3/t20?,21-,22+,24?,25?/m1/s1. The van der Waals surface area contributed by atoms with Crippen molar-refractivity contribution in [1.29, 1.82) is 0 Å². The van der Waals surface area contributed by atoms with E-state index in [1.807, 2.05) is 32.9 Å². The zero-order valence-electron chi connectivity index (χ0n) is 21.7. The highest BCUT2D eigenvalue weighted by molar-refractivity contribution is 5.93. The molecule has 3 unspecified atom stereocenters. The molecule has 2 saturated heterocycles. The van der Waals surface area contributed by atoms with Crippen LogP contribution < -0.4 is 0 Å². The van der Waals surface area contributed by atoms with Crippen LogP contribution in [0, 0.1) is 17.8 Å². The molecule has 0 aromatic carbocycles. The number of carbonyl (C=O) groups excluding carboxylic acids is 3. The number of ketones is 1. The van der Waals surface area contributed by atoms with Gasteiger partial charge in [0.1, 0.15) is 0 Å². The first-order valence-corrected chi connectivity index (χ1v) is 13.0. The number of fused-ring (bicyclic) bond motifs is 1. The Morgan fingerprint density at radius 3 is 2.29 bits per heavy atom. The van der Waals surface area contributed by atoms with E-state index in [1.54, 1.807) is 4.90 Å². The van der Waals surface area contributed by atoms with Gasteiger partial charge in [0.2, 0.25) is 5.91 Å². The highest BCUT2D eigenvalue weighted by Crippen LogP contribution is 2.44. The number of amides is 1. The molecule has 6 heteroatoms. The Kier molecular flexibility index (Phi) is 11.0. The number of ether oxygens (including phenoxy) is 2. The molecule has 0 aliphatic carbocycles. The number of carbonyl (C=O) groups is 3. The van der Waals surface area contributed by atoms with Crippen LogP contribution in [0.3, 0.4) is 0 Å². The number of likely N-dealkylation sites (tertiary alicyclic amines) is 1.